The highest BCUT2D eigenvalue weighted by Gasteiger charge is 2.75. The molecule has 2 N–H and O–H groups in total. The van der Waals surface area contributed by atoms with Crippen LogP contribution in [-0.2, 0) is 19.1 Å². The Hall–Kier alpha value is -1.93. The maximum atomic E-state index is 14.0. The van der Waals surface area contributed by atoms with Crippen LogP contribution in [-0.4, -0.2) is 80.3 Å². The van der Waals surface area contributed by atoms with Crippen molar-refractivity contribution in [2.24, 2.45) is 17.8 Å². The third-order valence-electron chi connectivity index (χ3n) is 6.96. The van der Waals surface area contributed by atoms with Crippen molar-refractivity contribution in [3.63, 3.8) is 0 Å². The Morgan fingerprint density at radius 2 is 2.03 bits per heavy atom. The topological polar surface area (TPSA) is 107 Å². The summed E-state index contributed by atoms with van der Waals surface area (Å²) >= 11 is 0. The van der Waals surface area contributed by atoms with Gasteiger partial charge >= 0.3 is 5.97 Å². The quantitative estimate of drug-likeness (QED) is 0.599. The highest BCUT2D eigenvalue weighted by atomic mass is 16.5. The number of aliphatic carboxylic acids is 1. The van der Waals surface area contributed by atoms with Gasteiger partial charge in [0.1, 0.15) is 11.6 Å². The molecular formula is C22H34N2O6. The zero-order valence-electron chi connectivity index (χ0n) is 18.5. The monoisotopic (exact) mass is 422 g/mol. The zero-order valence-corrected chi connectivity index (χ0v) is 18.5. The minimum absolute atomic E-state index is 0.118. The maximum absolute atomic E-state index is 14.0. The highest BCUT2D eigenvalue weighted by Crippen LogP contribution is 2.59. The Labute approximate surface area is 177 Å². The first-order chi connectivity index (χ1) is 13.9. The van der Waals surface area contributed by atoms with E-state index in [4.69, 9.17) is 4.74 Å². The Balaban J connectivity index is 2.15. The molecule has 2 unspecified atom stereocenters. The molecule has 3 aliphatic heterocycles. The van der Waals surface area contributed by atoms with Crippen molar-refractivity contribution in [2.75, 3.05) is 13.2 Å². The summed E-state index contributed by atoms with van der Waals surface area (Å²) in [5.41, 5.74) is -1.71. The summed E-state index contributed by atoms with van der Waals surface area (Å²) < 4.78 is 6.21. The highest BCUT2D eigenvalue weighted by molar-refractivity contribution is 5.98. The fourth-order valence-electron chi connectivity index (χ4n) is 5.60. The molecular weight excluding hydrogens is 388 g/mol. The molecule has 3 heterocycles. The van der Waals surface area contributed by atoms with E-state index in [1.54, 1.807) is 11.0 Å². The zero-order chi connectivity index (χ0) is 22.6. The second-order valence-electron chi connectivity index (χ2n) is 10.0. The number of hydrogen-bond acceptors (Lipinski definition) is 5. The summed E-state index contributed by atoms with van der Waals surface area (Å²) in [7, 11) is 0. The Morgan fingerprint density at radius 3 is 2.50 bits per heavy atom. The normalized spacial score (nSPS) is 33.7. The molecule has 0 aromatic heterocycles. The van der Waals surface area contributed by atoms with Gasteiger partial charge in [0.15, 0.2) is 0 Å². The summed E-state index contributed by atoms with van der Waals surface area (Å²) in [5, 5.41) is 19.9. The van der Waals surface area contributed by atoms with Gasteiger partial charge in [-0.05, 0) is 39.5 Å². The number of fused-ring (bicyclic) bond motifs is 1. The number of amides is 2. The second kappa shape index (κ2) is 7.64. The van der Waals surface area contributed by atoms with Crippen molar-refractivity contribution in [3.8, 4) is 0 Å². The lowest BCUT2D eigenvalue weighted by molar-refractivity contribution is -0.156. The third-order valence-corrected chi connectivity index (χ3v) is 6.96. The molecule has 3 fully saturated rings. The first-order valence-corrected chi connectivity index (χ1v) is 10.7. The van der Waals surface area contributed by atoms with Crippen LogP contribution in [0.5, 0.6) is 0 Å². The number of aliphatic hydroxyl groups excluding tert-OH is 1. The minimum atomic E-state index is -1.17. The van der Waals surface area contributed by atoms with Crippen LogP contribution < -0.4 is 0 Å². The Kier molecular flexibility index (Phi) is 5.79. The number of carbonyl (C=O) groups is 3. The van der Waals surface area contributed by atoms with Crippen LogP contribution in [0.2, 0.25) is 0 Å². The van der Waals surface area contributed by atoms with Crippen LogP contribution in [0.15, 0.2) is 12.7 Å². The van der Waals surface area contributed by atoms with E-state index in [1.807, 2.05) is 34.6 Å². The molecule has 168 valence electrons. The molecule has 0 aliphatic carbocycles. The molecule has 8 heteroatoms. The molecule has 3 rings (SSSR count). The van der Waals surface area contributed by atoms with Crippen molar-refractivity contribution < 1.29 is 29.3 Å². The number of carbonyl (C=O) groups excluding carboxylic acids is 2. The number of ether oxygens (including phenoxy) is 1. The number of likely N-dealkylation sites (tertiary alicyclic amines) is 1. The van der Waals surface area contributed by atoms with Crippen molar-refractivity contribution in [2.45, 2.75) is 76.8 Å². The molecule has 0 aromatic rings. The SMILES string of the molecule is C=CCN(C(=O)C1N([C@@H](CO)C(C)C)C(=O)[C@@H]2[C@@H](C(=O)O)[C@H]3CCC12O3)C(C)(C)C. The van der Waals surface area contributed by atoms with E-state index in [1.165, 1.54) is 4.90 Å². The van der Waals surface area contributed by atoms with Crippen LogP contribution in [0.3, 0.4) is 0 Å². The van der Waals surface area contributed by atoms with Gasteiger partial charge < -0.3 is 24.7 Å². The summed E-state index contributed by atoms with van der Waals surface area (Å²) in [6.07, 6.45) is 2.02. The van der Waals surface area contributed by atoms with E-state index in [0.29, 0.717) is 19.4 Å². The first kappa shape index (κ1) is 22.7. The predicted octanol–water partition coefficient (Wildman–Crippen LogP) is 1.28. The van der Waals surface area contributed by atoms with Gasteiger partial charge in [-0.1, -0.05) is 19.9 Å². The lowest BCUT2D eigenvalue weighted by atomic mass is 9.70. The lowest BCUT2D eigenvalue weighted by Crippen LogP contribution is -2.62. The van der Waals surface area contributed by atoms with Crippen molar-refractivity contribution in [3.05, 3.63) is 12.7 Å². The van der Waals surface area contributed by atoms with E-state index in [2.05, 4.69) is 6.58 Å². The van der Waals surface area contributed by atoms with Crippen LogP contribution >= 0.6 is 0 Å². The first-order valence-electron chi connectivity index (χ1n) is 10.7. The van der Waals surface area contributed by atoms with Gasteiger partial charge in [-0.25, -0.2) is 0 Å². The second-order valence-corrected chi connectivity index (χ2v) is 10.0. The number of nitrogens with zero attached hydrogens (tertiary/aromatic N) is 2. The van der Waals surface area contributed by atoms with E-state index < -0.39 is 53.0 Å². The Morgan fingerprint density at radius 1 is 1.40 bits per heavy atom. The lowest BCUT2D eigenvalue weighted by Gasteiger charge is -2.44. The largest absolute Gasteiger partial charge is 0.481 e. The third kappa shape index (κ3) is 3.15. The summed E-state index contributed by atoms with van der Waals surface area (Å²) in [5.74, 6) is -3.77. The molecule has 3 aliphatic rings. The van der Waals surface area contributed by atoms with Crippen molar-refractivity contribution in [1.29, 1.82) is 0 Å². The van der Waals surface area contributed by atoms with Gasteiger partial charge in [0.05, 0.1) is 30.6 Å². The molecule has 30 heavy (non-hydrogen) atoms. The molecule has 8 nitrogen and oxygen atoms in total. The summed E-state index contributed by atoms with van der Waals surface area (Å²) in [6, 6.07) is -1.57. The van der Waals surface area contributed by atoms with Gasteiger partial charge in [-0.2, -0.15) is 0 Å². The molecule has 0 aromatic carbocycles. The van der Waals surface area contributed by atoms with Gasteiger partial charge in [-0.15, -0.1) is 6.58 Å². The number of hydrogen-bond donors (Lipinski definition) is 2. The number of aliphatic hydroxyl groups is 1. The fraction of sp³-hybridized carbons (Fsp3) is 0.773. The molecule has 3 saturated heterocycles. The summed E-state index contributed by atoms with van der Waals surface area (Å²) in [6.45, 7) is 13.2. The molecule has 1 spiro atoms. The van der Waals surface area contributed by atoms with Crippen LogP contribution in [0.1, 0.15) is 47.5 Å². The van der Waals surface area contributed by atoms with E-state index in [0.717, 1.165) is 0 Å². The molecule has 2 bridgehead atoms. The van der Waals surface area contributed by atoms with Crippen LogP contribution in [0, 0.1) is 17.8 Å². The number of rotatable bonds is 7. The number of carboxylic acids is 1. The van der Waals surface area contributed by atoms with Crippen molar-refractivity contribution >= 4 is 17.8 Å². The van der Waals surface area contributed by atoms with Gasteiger partial charge in [-0.3, -0.25) is 14.4 Å². The van der Waals surface area contributed by atoms with E-state index in [9.17, 15) is 24.6 Å². The van der Waals surface area contributed by atoms with Gasteiger partial charge in [0, 0.05) is 12.1 Å². The van der Waals surface area contributed by atoms with Crippen molar-refractivity contribution in [1.82, 2.24) is 9.80 Å². The Bertz CT molecular complexity index is 744. The van der Waals surface area contributed by atoms with E-state index >= 15 is 0 Å². The molecule has 6 atom stereocenters. The smallest absolute Gasteiger partial charge is 0.310 e. The van der Waals surface area contributed by atoms with Gasteiger partial charge in [0.2, 0.25) is 11.8 Å². The molecule has 0 saturated carbocycles. The van der Waals surface area contributed by atoms with Crippen LogP contribution in [0.4, 0.5) is 0 Å². The van der Waals surface area contributed by atoms with Crippen LogP contribution in [0.25, 0.3) is 0 Å². The van der Waals surface area contributed by atoms with Gasteiger partial charge in [0.25, 0.3) is 0 Å². The fourth-order valence-corrected chi connectivity index (χ4v) is 5.60. The average molecular weight is 423 g/mol. The minimum Gasteiger partial charge on any atom is -0.481 e. The molecule has 0 radical (unpaired) electrons. The maximum Gasteiger partial charge on any atom is 0.310 e. The standard InChI is InChI=1S/C22H34N2O6/c1-7-10-23(21(4,5)6)19(27)17-22-9-8-14(30-22)15(20(28)29)16(22)18(26)24(17)13(11-25)12(2)3/h7,12-17,25H,1,8-11H2,2-6H3,(H,28,29)/t13-,14+,15-,16-,17?,22?/m0/s1. The number of carboxylic acid groups (broad SMARTS) is 1. The van der Waals surface area contributed by atoms with E-state index in [-0.39, 0.29) is 18.4 Å². The average Bonchev–Trinajstić information content (AvgIpc) is 3.26. The summed E-state index contributed by atoms with van der Waals surface area (Å²) in [4.78, 5) is 42.7. The molecule has 2 amide bonds. The predicted molar refractivity (Wildman–Crippen MR) is 109 cm³/mol.